The van der Waals surface area contributed by atoms with Crippen molar-refractivity contribution in [2.75, 3.05) is 36.5 Å². The maximum Gasteiger partial charge on any atom is 0.291 e. The zero-order valence-corrected chi connectivity index (χ0v) is 16.3. The molecular weight excluding hydrogens is 384 g/mol. The van der Waals surface area contributed by atoms with Crippen molar-refractivity contribution in [3.8, 4) is 0 Å². The summed E-state index contributed by atoms with van der Waals surface area (Å²) in [5.74, 6) is -0.300. The number of furan rings is 1. The molecule has 0 saturated carbocycles. The third kappa shape index (κ3) is 4.84. The van der Waals surface area contributed by atoms with Crippen LogP contribution in [0.4, 0.5) is 11.4 Å². The Hall–Kier alpha value is -3.65. The SMILES string of the molecule is O=C(NCc1ccc(NC(=O)c2ccco2)cc1)c1cc(N2CCOCC2)ccn1. The Kier molecular flexibility index (Phi) is 6.05. The third-order valence-electron chi connectivity index (χ3n) is 4.76. The van der Waals surface area contributed by atoms with Gasteiger partial charge in [-0.05, 0) is 42.0 Å². The van der Waals surface area contributed by atoms with E-state index in [9.17, 15) is 9.59 Å². The molecule has 1 aliphatic rings. The van der Waals surface area contributed by atoms with E-state index in [2.05, 4.69) is 20.5 Å². The molecule has 8 heteroatoms. The molecule has 0 aliphatic carbocycles. The number of rotatable bonds is 6. The van der Waals surface area contributed by atoms with E-state index in [1.807, 2.05) is 18.2 Å². The Morgan fingerprint density at radius 2 is 1.83 bits per heavy atom. The van der Waals surface area contributed by atoms with Gasteiger partial charge in [0.1, 0.15) is 5.69 Å². The van der Waals surface area contributed by atoms with Gasteiger partial charge in [-0.2, -0.15) is 0 Å². The normalized spacial score (nSPS) is 13.7. The predicted octanol–water partition coefficient (Wildman–Crippen LogP) is 2.69. The second kappa shape index (κ2) is 9.23. The van der Waals surface area contributed by atoms with Gasteiger partial charge in [0.05, 0.1) is 19.5 Å². The summed E-state index contributed by atoms with van der Waals surface area (Å²) < 4.78 is 10.4. The van der Waals surface area contributed by atoms with Crippen molar-refractivity contribution in [2.45, 2.75) is 6.54 Å². The lowest BCUT2D eigenvalue weighted by Gasteiger charge is -2.28. The third-order valence-corrected chi connectivity index (χ3v) is 4.76. The minimum absolute atomic E-state index is 0.236. The molecule has 2 aromatic heterocycles. The Bertz CT molecular complexity index is 996. The first-order valence-electron chi connectivity index (χ1n) is 9.70. The minimum atomic E-state index is -0.313. The molecule has 30 heavy (non-hydrogen) atoms. The zero-order valence-electron chi connectivity index (χ0n) is 16.3. The van der Waals surface area contributed by atoms with E-state index in [1.165, 1.54) is 6.26 Å². The fourth-order valence-electron chi connectivity index (χ4n) is 3.14. The molecule has 2 amide bonds. The minimum Gasteiger partial charge on any atom is -0.459 e. The maximum absolute atomic E-state index is 12.5. The van der Waals surface area contributed by atoms with Crippen LogP contribution < -0.4 is 15.5 Å². The van der Waals surface area contributed by atoms with Crippen LogP contribution in [0.3, 0.4) is 0 Å². The average molecular weight is 406 g/mol. The molecule has 1 fully saturated rings. The maximum atomic E-state index is 12.5. The molecule has 1 aliphatic heterocycles. The summed E-state index contributed by atoms with van der Waals surface area (Å²) in [6.45, 7) is 3.32. The molecule has 0 radical (unpaired) electrons. The number of carbonyl (C=O) groups is 2. The molecule has 0 unspecified atom stereocenters. The second-order valence-corrected chi connectivity index (χ2v) is 6.81. The number of pyridine rings is 1. The van der Waals surface area contributed by atoms with E-state index in [1.54, 1.807) is 36.5 Å². The van der Waals surface area contributed by atoms with Gasteiger partial charge < -0.3 is 24.7 Å². The number of hydrogen-bond donors (Lipinski definition) is 2. The molecule has 3 aromatic rings. The van der Waals surface area contributed by atoms with Crippen LogP contribution in [-0.2, 0) is 11.3 Å². The van der Waals surface area contributed by atoms with Crippen LogP contribution >= 0.6 is 0 Å². The summed E-state index contributed by atoms with van der Waals surface area (Å²) in [6, 6.07) is 14.2. The zero-order chi connectivity index (χ0) is 20.8. The van der Waals surface area contributed by atoms with E-state index in [0.29, 0.717) is 31.1 Å². The highest BCUT2D eigenvalue weighted by atomic mass is 16.5. The van der Waals surface area contributed by atoms with Crippen LogP contribution in [0.2, 0.25) is 0 Å². The first-order valence-corrected chi connectivity index (χ1v) is 9.70. The van der Waals surface area contributed by atoms with Crippen molar-refractivity contribution < 1.29 is 18.7 Å². The van der Waals surface area contributed by atoms with Crippen LogP contribution in [0.25, 0.3) is 0 Å². The van der Waals surface area contributed by atoms with Crippen molar-refractivity contribution >= 4 is 23.2 Å². The lowest BCUT2D eigenvalue weighted by atomic mass is 10.2. The second-order valence-electron chi connectivity index (χ2n) is 6.81. The van der Waals surface area contributed by atoms with Crippen molar-refractivity contribution in [3.05, 3.63) is 78.0 Å². The van der Waals surface area contributed by atoms with Gasteiger partial charge in [0.25, 0.3) is 11.8 Å². The van der Waals surface area contributed by atoms with Gasteiger partial charge in [0, 0.05) is 37.2 Å². The number of hydrogen-bond acceptors (Lipinski definition) is 6. The van der Waals surface area contributed by atoms with E-state index < -0.39 is 0 Å². The topological polar surface area (TPSA) is 96.7 Å². The van der Waals surface area contributed by atoms with Gasteiger partial charge in [0.2, 0.25) is 0 Å². The Balaban J connectivity index is 1.32. The van der Waals surface area contributed by atoms with Crippen molar-refractivity contribution in [1.82, 2.24) is 10.3 Å². The molecule has 1 aromatic carbocycles. The number of benzene rings is 1. The highest BCUT2D eigenvalue weighted by Crippen LogP contribution is 2.16. The van der Waals surface area contributed by atoms with Gasteiger partial charge in [-0.1, -0.05) is 12.1 Å². The van der Waals surface area contributed by atoms with E-state index in [-0.39, 0.29) is 17.6 Å². The summed E-state index contributed by atoms with van der Waals surface area (Å²) in [7, 11) is 0. The van der Waals surface area contributed by atoms with Crippen LogP contribution in [-0.4, -0.2) is 43.1 Å². The van der Waals surface area contributed by atoms with E-state index in [0.717, 1.165) is 24.3 Å². The number of anilines is 2. The van der Waals surface area contributed by atoms with Crippen LogP contribution in [0.5, 0.6) is 0 Å². The summed E-state index contributed by atoms with van der Waals surface area (Å²) >= 11 is 0. The lowest BCUT2D eigenvalue weighted by molar-refractivity contribution is 0.0945. The highest BCUT2D eigenvalue weighted by molar-refractivity contribution is 6.02. The van der Waals surface area contributed by atoms with E-state index in [4.69, 9.17) is 9.15 Å². The Morgan fingerprint density at radius 3 is 2.57 bits per heavy atom. The summed E-state index contributed by atoms with van der Waals surface area (Å²) in [5, 5.41) is 5.64. The summed E-state index contributed by atoms with van der Waals surface area (Å²) in [5.41, 5.74) is 2.89. The fourth-order valence-corrected chi connectivity index (χ4v) is 3.14. The molecule has 154 valence electrons. The number of nitrogens with zero attached hydrogens (tertiary/aromatic N) is 2. The molecule has 4 rings (SSSR count). The van der Waals surface area contributed by atoms with Gasteiger partial charge in [0.15, 0.2) is 5.76 Å². The molecule has 3 heterocycles. The average Bonchev–Trinajstić information content (AvgIpc) is 3.34. The number of aromatic nitrogens is 1. The number of nitrogens with one attached hydrogen (secondary N) is 2. The first kappa shape index (κ1) is 19.7. The Labute approximate surface area is 173 Å². The van der Waals surface area contributed by atoms with Crippen molar-refractivity contribution in [2.24, 2.45) is 0 Å². The number of amides is 2. The molecule has 0 spiro atoms. The predicted molar refractivity (Wildman–Crippen MR) is 112 cm³/mol. The summed E-state index contributed by atoms with van der Waals surface area (Å²) in [6.07, 6.45) is 3.10. The number of ether oxygens (including phenoxy) is 1. The molecular formula is C22H22N4O4. The number of morpholine rings is 1. The van der Waals surface area contributed by atoms with Gasteiger partial charge in [-0.25, -0.2) is 0 Å². The van der Waals surface area contributed by atoms with Gasteiger partial charge in [-0.15, -0.1) is 0 Å². The summed E-state index contributed by atoms with van der Waals surface area (Å²) in [4.78, 5) is 30.9. The standard InChI is InChI=1S/C22H22N4O4/c27-21(19-14-18(7-8-23-19)26-9-12-29-13-10-26)24-15-16-3-5-17(6-4-16)25-22(28)20-2-1-11-30-20/h1-8,11,14H,9-10,12-13,15H2,(H,24,27)(H,25,28). The molecule has 2 N–H and O–H groups in total. The van der Waals surface area contributed by atoms with Gasteiger partial charge >= 0.3 is 0 Å². The quantitative estimate of drug-likeness (QED) is 0.653. The van der Waals surface area contributed by atoms with Crippen LogP contribution in [0.1, 0.15) is 26.6 Å². The first-order chi connectivity index (χ1) is 14.7. The monoisotopic (exact) mass is 406 g/mol. The smallest absolute Gasteiger partial charge is 0.291 e. The fraction of sp³-hybridized carbons (Fsp3) is 0.227. The molecule has 0 bridgehead atoms. The van der Waals surface area contributed by atoms with Crippen LogP contribution in [0, 0.1) is 0 Å². The molecule has 1 saturated heterocycles. The van der Waals surface area contributed by atoms with Crippen molar-refractivity contribution in [3.63, 3.8) is 0 Å². The lowest BCUT2D eigenvalue weighted by Crippen LogP contribution is -2.36. The van der Waals surface area contributed by atoms with Crippen molar-refractivity contribution in [1.29, 1.82) is 0 Å². The number of carbonyl (C=O) groups excluding carboxylic acids is 2. The molecule has 0 atom stereocenters. The highest BCUT2D eigenvalue weighted by Gasteiger charge is 2.14. The van der Waals surface area contributed by atoms with E-state index >= 15 is 0 Å². The van der Waals surface area contributed by atoms with Gasteiger partial charge in [-0.3, -0.25) is 14.6 Å². The largest absolute Gasteiger partial charge is 0.459 e. The Morgan fingerprint density at radius 1 is 1.03 bits per heavy atom. The van der Waals surface area contributed by atoms with Crippen LogP contribution in [0.15, 0.2) is 65.4 Å². The molecule has 8 nitrogen and oxygen atoms in total.